The van der Waals surface area contributed by atoms with Crippen molar-refractivity contribution in [1.29, 1.82) is 0 Å². The number of hydrogen-bond acceptors (Lipinski definition) is 1. The SMILES string of the molecule is CC1(C)[C@H]2CC[C@]1(C)C(=O)/C2=C/c1ccc(F)cc1. The highest BCUT2D eigenvalue weighted by atomic mass is 19.1. The van der Waals surface area contributed by atoms with Crippen molar-refractivity contribution >= 4 is 11.9 Å². The van der Waals surface area contributed by atoms with Crippen LogP contribution in [0, 0.1) is 22.6 Å². The fraction of sp³-hybridized carbons (Fsp3) is 0.471. The normalized spacial score (nSPS) is 34.2. The van der Waals surface area contributed by atoms with E-state index in [2.05, 4.69) is 20.8 Å². The van der Waals surface area contributed by atoms with Gasteiger partial charge in [-0.1, -0.05) is 32.9 Å². The summed E-state index contributed by atoms with van der Waals surface area (Å²) >= 11 is 0. The molecule has 2 heteroatoms. The summed E-state index contributed by atoms with van der Waals surface area (Å²) in [6, 6.07) is 6.35. The van der Waals surface area contributed by atoms with Crippen molar-refractivity contribution in [3.63, 3.8) is 0 Å². The number of carbonyl (C=O) groups is 1. The van der Waals surface area contributed by atoms with Crippen molar-refractivity contribution in [3.05, 3.63) is 41.2 Å². The first-order chi connectivity index (χ1) is 8.86. The van der Waals surface area contributed by atoms with Gasteiger partial charge in [0.15, 0.2) is 5.78 Å². The molecule has 1 aromatic rings. The molecule has 0 spiro atoms. The molecule has 2 saturated carbocycles. The Bertz CT molecular complexity index is 567. The Labute approximate surface area is 113 Å². The predicted molar refractivity (Wildman–Crippen MR) is 74.0 cm³/mol. The lowest BCUT2D eigenvalue weighted by Gasteiger charge is -2.31. The molecule has 2 aliphatic carbocycles. The van der Waals surface area contributed by atoms with Gasteiger partial charge in [0.05, 0.1) is 0 Å². The van der Waals surface area contributed by atoms with Gasteiger partial charge >= 0.3 is 0 Å². The van der Waals surface area contributed by atoms with E-state index in [4.69, 9.17) is 0 Å². The van der Waals surface area contributed by atoms with Crippen LogP contribution in [-0.2, 0) is 4.79 Å². The third kappa shape index (κ3) is 1.55. The average molecular weight is 258 g/mol. The summed E-state index contributed by atoms with van der Waals surface area (Å²) in [6.45, 7) is 6.50. The van der Waals surface area contributed by atoms with Crippen LogP contribution in [-0.4, -0.2) is 5.78 Å². The van der Waals surface area contributed by atoms with Crippen LogP contribution < -0.4 is 0 Å². The fourth-order valence-corrected chi connectivity index (χ4v) is 3.83. The van der Waals surface area contributed by atoms with Gasteiger partial charge in [0.1, 0.15) is 5.82 Å². The molecule has 0 radical (unpaired) electrons. The summed E-state index contributed by atoms with van der Waals surface area (Å²) in [5, 5.41) is 0. The van der Waals surface area contributed by atoms with Gasteiger partial charge in [0.2, 0.25) is 0 Å². The van der Waals surface area contributed by atoms with E-state index >= 15 is 0 Å². The number of fused-ring (bicyclic) bond motifs is 2. The second kappa shape index (κ2) is 3.78. The van der Waals surface area contributed by atoms with Gasteiger partial charge in [-0.15, -0.1) is 0 Å². The van der Waals surface area contributed by atoms with Crippen molar-refractivity contribution in [3.8, 4) is 0 Å². The zero-order chi connectivity index (χ0) is 13.8. The number of hydrogen-bond donors (Lipinski definition) is 0. The van der Waals surface area contributed by atoms with E-state index in [0.717, 1.165) is 24.0 Å². The third-order valence-corrected chi connectivity index (χ3v) is 5.56. The minimum absolute atomic E-state index is 0.0376. The predicted octanol–water partition coefficient (Wildman–Crippen LogP) is 4.23. The second-order valence-corrected chi connectivity index (χ2v) is 6.63. The van der Waals surface area contributed by atoms with Crippen LogP contribution in [0.15, 0.2) is 29.8 Å². The molecule has 1 aromatic carbocycles. The quantitative estimate of drug-likeness (QED) is 0.689. The molecule has 2 atom stereocenters. The van der Waals surface area contributed by atoms with Crippen LogP contribution in [0.3, 0.4) is 0 Å². The molecular weight excluding hydrogens is 239 g/mol. The van der Waals surface area contributed by atoms with E-state index in [-0.39, 0.29) is 22.4 Å². The molecule has 0 aromatic heterocycles. The molecule has 0 aliphatic heterocycles. The van der Waals surface area contributed by atoms with Gasteiger partial charge in [0, 0.05) is 5.41 Å². The van der Waals surface area contributed by atoms with Crippen LogP contribution in [0.1, 0.15) is 39.2 Å². The van der Waals surface area contributed by atoms with Gasteiger partial charge in [-0.05, 0) is 53.5 Å². The van der Waals surface area contributed by atoms with Crippen molar-refractivity contribution in [2.24, 2.45) is 16.7 Å². The van der Waals surface area contributed by atoms with Gasteiger partial charge in [0.25, 0.3) is 0 Å². The average Bonchev–Trinajstić information content (AvgIpc) is 2.66. The van der Waals surface area contributed by atoms with Crippen molar-refractivity contribution < 1.29 is 9.18 Å². The lowest BCUT2D eigenvalue weighted by molar-refractivity contribution is -0.125. The Kier molecular flexibility index (Phi) is 2.51. The largest absolute Gasteiger partial charge is 0.294 e. The summed E-state index contributed by atoms with van der Waals surface area (Å²) in [4.78, 5) is 12.6. The van der Waals surface area contributed by atoms with E-state index in [1.54, 1.807) is 12.1 Å². The molecule has 2 bridgehead atoms. The number of allylic oxidation sites excluding steroid dienone is 1. The molecule has 0 unspecified atom stereocenters. The third-order valence-electron chi connectivity index (χ3n) is 5.56. The Morgan fingerprint density at radius 1 is 1.21 bits per heavy atom. The van der Waals surface area contributed by atoms with Gasteiger partial charge in [-0.3, -0.25) is 4.79 Å². The van der Waals surface area contributed by atoms with Crippen LogP contribution in [0.2, 0.25) is 0 Å². The van der Waals surface area contributed by atoms with E-state index in [0.29, 0.717) is 5.92 Å². The minimum Gasteiger partial charge on any atom is -0.294 e. The summed E-state index contributed by atoms with van der Waals surface area (Å²) < 4.78 is 12.9. The number of carbonyl (C=O) groups excluding carboxylic acids is 1. The van der Waals surface area contributed by atoms with Crippen molar-refractivity contribution in [2.45, 2.75) is 33.6 Å². The summed E-state index contributed by atoms with van der Waals surface area (Å²) in [7, 11) is 0. The number of Topliss-reactive ketones (excluding diaryl/α,β-unsaturated/α-hetero) is 1. The summed E-state index contributed by atoms with van der Waals surface area (Å²) in [6.07, 6.45) is 4.03. The Balaban J connectivity index is 2.04. The zero-order valence-electron chi connectivity index (χ0n) is 11.7. The summed E-state index contributed by atoms with van der Waals surface area (Å²) in [5.41, 5.74) is 1.67. The Morgan fingerprint density at radius 3 is 2.37 bits per heavy atom. The van der Waals surface area contributed by atoms with E-state index in [1.165, 1.54) is 12.1 Å². The highest BCUT2D eigenvalue weighted by molar-refractivity contribution is 6.07. The zero-order valence-corrected chi connectivity index (χ0v) is 11.7. The molecule has 0 saturated heterocycles. The monoisotopic (exact) mass is 258 g/mol. The van der Waals surface area contributed by atoms with Crippen LogP contribution in [0.5, 0.6) is 0 Å². The Morgan fingerprint density at radius 2 is 1.84 bits per heavy atom. The van der Waals surface area contributed by atoms with E-state index < -0.39 is 0 Å². The van der Waals surface area contributed by atoms with Crippen LogP contribution >= 0.6 is 0 Å². The number of benzene rings is 1. The minimum atomic E-state index is -0.242. The van der Waals surface area contributed by atoms with E-state index in [9.17, 15) is 9.18 Å². The van der Waals surface area contributed by atoms with Gasteiger partial charge in [-0.2, -0.15) is 0 Å². The van der Waals surface area contributed by atoms with E-state index in [1.807, 2.05) is 6.08 Å². The summed E-state index contributed by atoms with van der Waals surface area (Å²) in [5.74, 6) is 0.391. The molecule has 100 valence electrons. The standard InChI is InChI=1S/C17H19FO/c1-16(2)14-8-9-17(16,3)15(19)13(14)10-11-4-6-12(18)7-5-11/h4-7,10,14H,8-9H2,1-3H3/b13-10+/t14-,17+/m0/s1. The lowest BCUT2D eigenvalue weighted by Crippen LogP contribution is -2.32. The van der Waals surface area contributed by atoms with Crippen molar-refractivity contribution in [2.75, 3.05) is 0 Å². The molecule has 1 nitrogen and oxygen atoms in total. The molecule has 0 N–H and O–H groups in total. The van der Waals surface area contributed by atoms with Gasteiger partial charge < -0.3 is 0 Å². The molecule has 0 heterocycles. The first kappa shape index (κ1) is 12.6. The smallest absolute Gasteiger partial charge is 0.165 e. The topological polar surface area (TPSA) is 17.1 Å². The van der Waals surface area contributed by atoms with Gasteiger partial charge in [-0.25, -0.2) is 4.39 Å². The maximum atomic E-state index is 12.9. The Hall–Kier alpha value is -1.44. The molecule has 0 amide bonds. The first-order valence-corrected chi connectivity index (χ1v) is 6.88. The molecule has 2 aliphatic rings. The fourth-order valence-electron chi connectivity index (χ4n) is 3.83. The number of ketones is 1. The lowest BCUT2D eigenvalue weighted by atomic mass is 9.70. The van der Waals surface area contributed by atoms with Crippen LogP contribution in [0.4, 0.5) is 4.39 Å². The second-order valence-electron chi connectivity index (χ2n) is 6.63. The highest BCUT2D eigenvalue weighted by Gasteiger charge is 2.63. The number of halogens is 1. The molecule has 2 fully saturated rings. The molecular formula is C17H19FO. The molecule has 19 heavy (non-hydrogen) atoms. The highest BCUT2D eigenvalue weighted by Crippen LogP contribution is 2.65. The molecule has 3 rings (SSSR count). The number of rotatable bonds is 1. The first-order valence-electron chi connectivity index (χ1n) is 6.88. The maximum absolute atomic E-state index is 12.9. The maximum Gasteiger partial charge on any atom is 0.165 e. The van der Waals surface area contributed by atoms with Crippen molar-refractivity contribution in [1.82, 2.24) is 0 Å². The van der Waals surface area contributed by atoms with Crippen LogP contribution in [0.25, 0.3) is 6.08 Å².